The minimum atomic E-state index is -0.604. The number of carbonyl (C=O) groups excluding carboxylic acids is 1. The summed E-state index contributed by atoms with van der Waals surface area (Å²) in [4.78, 5) is 33.5. The third-order valence-corrected chi connectivity index (χ3v) is 2.80. The van der Waals surface area contributed by atoms with Crippen LogP contribution in [0.3, 0.4) is 0 Å². The van der Waals surface area contributed by atoms with Crippen molar-refractivity contribution < 1.29 is 9.21 Å². The highest BCUT2D eigenvalue weighted by atomic mass is 16.4. The lowest BCUT2D eigenvalue weighted by atomic mass is 10.2. The van der Waals surface area contributed by atoms with Gasteiger partial charge in [-0.05, 0) is 30.7 Å². The zero-order valence-electron chi connectivity index (χ0n) is 10.5. The molecule has 3 aromatic heterocycles. The average Bonchev–Trinajstić information content (AvgIpc) is 2.80. The fourth-order valence-corrected chi connectivity index (χ4v) is 1.75. The molecule has 0 fully saturated rings. The topological polar surface area (TPSA) is 101 Å². The van der Waals surface area contributed by atoms with E-state index in [9.17, 15) is 9.59 Å². The van der Waals surface area contributed by atoms with Gasteiger partial charge in [0.15, 0.2) is 11.2 Å². The molecule has 100 valence electrons. The zero-order valence-corrected chi connectivity index (χ0v) is 10.5. The molecule has 3 heterocycles. The number of pyridine rings is 2. The van der Waals surface area contributed by atoms with Crippen LogP contribution < -0.4 is 11.1 Å². The van der Waals surface area contributed by atoms with Gasteiger partial charge in [-0.3, -0.25) is 14.8 Å². The minimum Gasteiger partial charge on any atom is -0.406 e. The minimum absolute atomic E-state index is 0.179. The zero-order chi connectivity index (χ0) is 14.1. The van der Waals surface area contributed by atoms with Gasteiger partial charge in [0, 0.05) is 6.20 Å². The standard InChI is InChI=1S/C13H10N4O3/c1-7-4-5-14-6-9(7)16-12(18)8-2-3-10-11(15-8)17-13(19)20-10/h2-6H,1H3,(H,16,18)(H,15,17,19). The number of fused-ring (bicyclic) bond motifs is 1. The van der Waals surface area contributed by atoms with E-state index in [-0.39, 0.29) is 17.2 Å². The molecule has 7 heteroatoms. The summed E-state index contributed by atoms with van der Waals surface area (Å²) in [5, 5.41) is 2.71. The summed E-state index contributed by atoms with van der Waals surface area (Å²) < 4.78 is 4.82. The number of aryl methyl sites for hydroxylation is 1. The Kier molecular flexibility index (Phi) is 2.79. The third-order valence-electron chi connectivity index (χ3n) is 2.80. The Hall–Kier alpha value is -2.96. The SMILES string of the molecule is Cc1ccncc1NC(=O)c1ccc2oc(=O)[nH]c2n1. The van der Waals surface area contributed by atoms with Crippen molar-refractivity contribution in [3.8, 4) is 0 Å². The fraction of sp³-hybridized carbons (Fsp3) is 0.0769. The molecule has 0 radical (unpaired) electrons. The molecule has 1 amide bonds. The Morgan fingerprint density at radius 1 is 1.35 bits per heavy atom. The molecule has 0 bridgehead atoms. The third kappa shape index (κ3) is 2.16. The van der Waals surface area contributed by atoms with E-state index >= 15 is 0 Å². The van der Waals surface area contributed by atoms with Crippen molar-refractivity contribution >= 4 is 22.8 Å². The molecule has 0 aliphatic rings. The Morgan fingerprint density at radius 3 is 3.00 bits per heavy atom. The molecule has 0 saturated heterocycles. The van der Waals surface area contributed by atoms with E-state index in [0.717, 1.165) is 5.56 Å². The van der Waals surface area contributed by atoms with E-state index < -0.39 is 5.76 Å². The monoisotopic (exact) mass is 270 g/mol. The normalized spacial score (nSPS) is 10.7. The van der Waals surface area contributed by atoms with Crippen LogP contribution in [-0.4, -0.2) is 20.9 Å². The maximum Gasteiger partial charge on any atom is 0.418 e. The number of anilines is 1. The lowest BCUT2D eigenvalue weighted by Crippen LogP contribution is -2.14. The molecule has 0 saturated carbocycles. The van der Waals surface area contributed by atoms with Gasteiger partial charge < -0.3 is 9.73 Å². The van der Waals surface area contributed by atoms with Crippen molar-refractivity contribution in [1.82, 2.24) is 15.0 Å². The molecule has 0 spiro atoms. The quantitative estimate of drug-likeness (QED) is 0.734. The Bertz CT molecular complexity index is 850. The first-order valence-corrected chi connectivity index (χ1v) is 5.85. The number of H-pyrrole nitrogens is 1. The van der Waals surface area contributed by atoms with Crippen molar-refractivity contribution in [3.63, 3.8) is 0 Å². The first kappa shape index (κ1) is 12.1. The number of aromatic nitrogens is 3. The van der Waals surface area contributed by atoms with Crippen LogP contribution in [0.5, 0.6) is 0 Å². The molecule has 0 aliphatic heterocycles. The molecule has 0 unspecified atom stereocenters. The number of nitrogens with zero attached hydrogens (tertiary/aromatic N) is 2. The Labute approximate surface area is 112 Å². The molecule has 3 rings (SSSR count). The summed E-state index contributed by atoms with van der Waals surface area (Å²) in [5.74, 6) is -0.988. The number of carbonyl (C=O) groups is 1. The Morgan fingerprint density at radius 2 is 2.20 bits per heavy atom. The molecular formula is C13H10N4O3. The highest BCUT2D eigenvalue weighted by Crippen LogP contribution is 2.14. The van der Waals surface area contributed by atoms with Crippen LogP contribution >= 0.6 is 0 Å². The molecule has 20 heavy (non-hydrogen) atoms. The van der Waals surface area contributed by atoms with E-state index in [4.69, 9.17) is 4.42 Å². The van der Waals surface area contributed by atoms with Crippen molar-refractivity contribution in [2.24, 2.45) is 0 Å². The van der Waals surface area contributed by atoms with Crippen molar-refractivity contribution in [2.75, 3.05) is 5.32 Å². The van der Waals surface area contributed by atoms with Gasteiger partial charge in [-0.25, -0.2) is 9.78 Å². The van der Waals surface area contributed by atoms with E-state index in [1.165, 1.54) is 12.1 Å². The molecular weight excluding hydrogens is 260 g/mol. The largest absolute Gasteiger partial charge is 0.418 e. The molecule has 7 nitrogen and oxygen atoms in total. The van der Waals surface area contributed by atoms with Gasteiger partial charge in [0.05, 0.1) is 11.9 Å². The highest BCUT2D eigenvalue weighted by Gasteiger charge is 2.11. The molecule has 2 N–H and O–H groups in total. The van der Waals surface area contributed by atoms with E-state index in [1.807, 2.05) is 6.92 Å². The molecule has 0 atom stereocenters. The maximum atomic E-state index is 12.1. The van der Waals surface area contributed by atoms with Gasteiger partial charge in [-0.2, -0.15) is 0 Å². The molecule has 3 aromatic rings. The van der Waals surface area contributed by atoms with Gasteiger partial charge >= 0.3 is 5.76 Å². The fourth-order valence-electron chi connectivity index (χ4n) is 1.75. The average molecular weight is 270 g/mol. The number of oxazole rings is 1. The molecule has 0 aromatic carbocycles. The number of hydrogen-bond donors (Lipinski definition) is 2. The van der Waals surface area contributed by atoms with Crippen LogP contribution in [-0.2, 0) is 0 Å². The van der Waals surface area contributed by atoms with Crippen LogP contribution in [0, 0.1) is 6.92 Å². The summed E-state index contributed by atoms with van der Waals surface area (Å²) in [7, 11) is 0. The predicted molar refractivity (Wildman–Crippen MR) is 71.6 cm³/mol. The van der Waals surface area contributed by atoms with E-state index in [1.54, 1.807) is 18.5 Å². The van der Waals surface area contributed by atoms with Gasteiger partial charge in [0.1, 0.15) is 5.69 Å². The summed E-state index contributed by atoms with van der Waals surface area (Å²) in [6.07, 6.45) is 3.21. The van der Waals surface area contributed by atoms with Crippen LogP contribution in [0.4, 0.5) is 5.69 Å². The van der Waals surface area contributed by atoms with Gasteiger partial charge in [0.2, 0.25) is 0 Å². The highest BCUT2D eigenvalue weighted by molar-refractivity contribution is 6.03. The number of rotatable bonds is 2. The number of amides is 1. The second-order valence-corrected chi connectivity index (χ2v) is 4.20. The predicted octanol–water partition coefficient (Wildman–Crippen LogP) is 1.47. The summed E-state index contributed by atoms with van der Waals surface area (Å²) in [6.45, 7) is 1.86. The van der Waals surface area contributed by atoms with E-state index in [0.29, 0.717) is 11.3 Å². The van der Waals surface area contributed by atoms with Crippen molar-refractivity contribution in [1.29, 1.82) is 0 Å². The molecule has 0 aliphatic carbocycles. The maximum absolute atomic E-state index is 12.1. The van der Waals surface area contributed by atoms with E-state index in [2.05, 4.69) is 20.3 Å². The summed E-state index contributed by atoms with van der Waals surface area (Å²) in [5.41, 5.74) is 2.23. The van der Waals surface area contributed by atoms with Crippen LogP contribution in [0.25, 0.3) is 11.2 Å². The van der Waals surface area contributed by atoms with Gasteiger partial charge in [-0.15, -0.1) is 0 Å². The smallest absolute Gasteiger partial charge is 0.406 e. The number of aromatic amines is 1. The lowest BCUT2D eigenvalue weighted by Gasteiger charge is -2.06. The Balaban J connectivity index is 1.92. The van der Waals surface area contributed by atoms with Crippen molar-refractivity contribution in [2.45, 2.75) is 6.92 Å². The van der Waals surface area contributed by atoms with Gasteiger partial charge in [0.25, 0.3) is 5.91 Å². The second kappa shape index (κ2) is 4.61. The first-order valence-electron chi connectivity index (χ1n) is 5.85. The summed E-state index contributed by atoms with van der Waals surface area (Å²) >= 11 is 0. The van der Waals surface area contributed by atoms with Crippen LogP contribution in [0.15, 0.2) is 39.8 Å². The van der Waals surface area contributed by atoms with Crippen molar-refractivity contribution in [3.05, 3.63) is 52.4 Å². The van der Waals surface area contributed by atoms with Crippen LogP contribution in [0.1, 0.15) is 16.1 Å². The first-order chi connectivity index (χ1) is 9.63. The van der Waals surface area contributed by atoms with Crippen LogP contribution in [0.2, 0.25) is 0 Å². The number of nitrogens with one attached hydrogen (secondary N) is 2. The lowest BCUT2D eigenvalue weighted by molar-refractivity contribution is 0.102. The summed E-state index contributed by atoms with van der Waals surface area (Å²) in [6, 6.07) is 4.80. The van der Waals surface area contributed by atoms with Gasteiger partial charge in [-0.1, -0.05) is 0 Å². The number of hydrogen-bond acceptors (Lipinski definition) is 5. The second-order valence-electron chi connectivity index (χ2n) is 4.20.